The lowest BCUT2D eigenvalue weighted by atomic mass is 10.1. The molecule has 2 heterocycles. The van der Waals surface area contributed by atoms with E-state index in [1.165, 1.54) is 6.20 Å². The molecule has 0 amide bonds. The van der Waals surface area contributed by atoms with Crippen LogP contribution in [-0.2, 0) is 4.74 Å². The Kier molecular flexibility index (Phi) is 7.25. The number of ether oxygens (including phenoxy) is 2. The molecule has 4 rings (SSSR count). The lowest BCUT2D eigenvalue weighted by Crippen LogP contribution is -2.26. The SMILES string of the molecule is CC(C)c1cnc(C2CC2)nc1N(C)CCO[C@@H](C)c1cnc(C2CC2)nc1OCC(F)(F)F. The fraction of sp³-hybridized carbons (Fsp3) is 0.667. The minimum absolute atomic E-state index is 0.0537. The molecular formula is C24H32F3N5O2. The average molecular weight is 480 g/mol. The van der Waals surface area contributed by atoms with Crippen molar-refractivity contribution in [2.75, 3.05) is 31.7 Å². The number of hydrogen-bond donors (Lipinski definition) is 0. The highest BCUT2D eigenvalue weighted by Gasteiger charge is 2.32. The topological polar surface area (TPSA) is 73.3 Å². The molecule has 0 saturated heterocycles. The van der Waals surface area contributed by atoms with Crippen LogP contribution in [-0.4, -0.2) is 52.9 Å². The second-order valence-electron chi connectivity index (χ2n) is 9.54. The first kappa shape index (κ1) is 24.6. The predicted octanol–water partition coefficient (Wildman–Crippen LogP) is 5.30. The largest absolute Gasteiger partial charge is 0.468 e. The fourth-order valence-electron chi connectivity index (χ4n) is 3.68. The lowest BCUT2D eigenvalue weighted by molar-refractivity contribution is -0.154. The van der Waals surface area contributed by atoms with Crippen LogP contribution < -0.4 is 9.64 Å². The molecule has 10 heteroatoms. The van der Waals surface area contributed by atoms with E-state index in [0.29, 0.717) is 30.5 Å². The minimum atomic E-state index is -4.44. The summed E-state index contributed by atoms with van der Waals surface area (Å²) in [6.07, 6.45) is 2.63. The lowest BCUT2D eigenvalue weighted by Gasteiger charge is -2.24. The van der Waals surface area contributed by atoms with E-state index in [4.69, 9.17) is 14.5 Å². The molecular weight excluding hydrogens is 447 g/mol. The molecule has 0 aliphatic heterocycles. The molecule has 2 aliphatic rings. The van der Waals surface area contributed by atoms with Crippen LogP contribution in [0.3, 0.4) is 0 Å². The van der Waals surface area contributed by atoms with Gasteiger partial charge in [0.15, 0.2) is 6.61 Å². The van der Waals surface area contributed by atoms with E-state index in [1.807, 2.05) is 18.1 Å². The second kappa shape index (κ2) is 10.0. The highest BCUT2D eigenvalue weighted by atomic mass is 19.4. The Hall–Kier alpha value is -2.49. The summed E-state index contributed by atoms with van der Waals surface area (Å²) in [4.78, 5) is 20.0. The average Bonchev–Trinajstić information content (AvgIpc) is 3.69. The quantitative estimate of drug-likeness (QED) is 0.433. The van der Waals surface area contributed by atoms with E-state index >= 15 is 0 Å². The molecule has 2 saturated carbocycles. The van der Waals surface area contributed by atoms with Gasteiger partial charge in [0.25, 0.3) is 0 Å². The molecule has 0 N–H and O–H groups in total. The van der Waals surface area contributed by atoms with Crippen molar-refractivity contribution in [1.29, 1.82) is 0 Å². The zero-order valence-electron chi connectivity index (χ0n) is 20.1. The molecule has 34 heavy (non-hydrogen) atoms. The van der Waals surface area contributed by atoms with Crippen molar-refractivity contribution in [3.05, 3.63) is 35.2 Å². The highest BCUT2D eigenvalue weighted by Crippen LogP contribution is 2.40. The zero-order valence-corrected chi connectivity index (χ0v) is 20.1. The van der Waals surface area contributed by atoms with Crippen LogP contribution in [0.2, 0.25) is 0 Å². The van der Waals surface area contributed by atoms with Gasteiger partial charge in [-0.3, -0.25) is 0 Å². The van der Waals surface area contributed by atoms with Crippen molar-refractivity contribution in [1.82, 2.24) is 19.9 Å². The smallest absolute Gasteiger partial charge is 0.422 e. The van der Waals surface area contributed by atoms with E-state index in [2.05, 4.69) is 28.8 Å². The summed E-state index contributed by atoms with van der Waals surface area (Å²) < 4.78 is 49.3. The number of hydrogen-bond acceptors (Lipinski definition) is 7. The van der Waals surface area contributed by atoms with Crippen LogP contribution in [0.15, 0.2) is 12.4 Å². The van der Waals surface area contributed by atoms with Crippen molar-refractivity contribution in [3.8, 4) is 5.88 Å². The highest BCUT2D eigenvalue weighted by molar-refractivity contribution is 5.47. The summed E-state index contributed by atoms with van der Waals surface area (Å²) in [5.74, 6) is 3.20. The molecule has 7 nitrogen and oxygen atoms in total. The Balaban J connectivity index is 1.41. The number of aromatic nitrogens is 4. The van der Waals surface area contributed by atoms with Crippen molar-refractivity contribution in [2.45, 2.75) is 76.5 Å². The third-order valence-corrected chi connectivity index (χ3v) is 6.09. The molecule has 0 aromatic carbocycles. The number of rotatable bonds is 11. The Morgan fingerprint density at radius 3 is 2.12 bits per heavy atom. The van der Waals surface area contributed by atoms with E-state index in [-0.39, 0.29) is 17.7 Å². The van der Waals surface area contributed by atoms with Crippen molar-refractivity contribution >= 4 is 5.82 Å². The molecule has 1 atom stereocenters. The monoisotopic (exact) mass is 479 g/mol. The molecule has 2 fully saturated rings. The third kappa shape index (κ3) is 6.34. The summed E-state index contributed by atoms with van der Waals surface area (Å²) in [7, 11) is 1.96. The van der Waals surface area contributed by atoms with Gasteiger partial charge in [0.1, 0.15) is 17.5 Å². The zero-order chi connectivity index (χ0) is 24.5. The van der Waals surface area contributed by atoms with Gasteiger partial charge in [-0.1, -0.05) is 13.8 Å². The number of alkyl halides is 3. The van der Waals surface area contributed by atoms with Crippen LogP contribution in [0.25, 0.3) is 0 Å². The predicted molar refractivity (Wildman–Crippen MR) is 121 cm³/mol. The fourth-order valence-corrected chi connectivity index (χ4v) is 3.68. The molecule has 0 spiro atoms. The number of likely N-dealkylation sites (N-methyl/N-ethyl adjacent to an activating group) is 1. The van der Waals surface area contributed by atoms with Crippen molar-refractivity contribution in [3.63, 3.8) is 0 Å². The number of nitrogens with zero attached hydrogens (tertiary/aromatic N) is 5. The number of halogens is 3. The molecule has 186 valence electrons. The Labute approximate surface area is 198 Å². The minimum Gasteiger partial charge on any atom is -0.468 e. The summed E-state index contributed by atoms with van der Waals surface area (Å²) in [5, 5.41) is 0. The van der Waals surface area contributed by atoms with Crippen LogP contribution in [0, 0.1) is 0 Å². The van der Waals surface area contributed by atoms with Crippen LogP contribution >= 0.6 is 0 Å². The van der Waals surface area contributed by atoms with E-state index in [9.17, 15) is 13.2 Å². The van der Waals surface area contributed by atoms with Gasteiger partial charge in [-0.25, -0.2) is 15.0 Å². The first-order valence-corrected chi connectivity index (χ1v) is 11.9. The normalized spacial score (nSPS) is 17.2. The Morgan fingerprint density at radius 1 is 0.971 bits per heavy atom. The third-order valence-electron chi connectivity index (χ3n) is 6.09. The standard InChI is InChI=1S/C24H32F3N5O2/c1-14(2)18-11-28-20(16-5-6-16)30-22(18)32(4)9-10-33-15(3)19-12-29-21(17-7-8-17)31-23(19)34-13-24(25,26)27/h11-12,14-17H,5-10,13H2,1-4H3/t15-/m0/s1. The molecule has 2 aliphatic carbocycles. The molecule has 0 radical (unpaired) electrons. The van der Waals surface area contributed by atoms with Gasteiger partial charge in [0.05, 0.1) is 18.3 Å². The number of anilines is 1. The Morgan fingerprint density at radius 2 is 1.56 bits per heavy atom. The van der Waals surface area contributed by atoms with Crippen LogP contribution in [0.4, 0.5) is 19.0 Å². The Bertz CT molecular complexity index is 993. The van der Waals surface area contributed by atoms with Gasteiger partial charge in [0.2, 0.25) is 5.88 Å². The van der Waals surface area contributed by atoms with Gasteiger partial charge in [-0.05, 0) is 38.5 Å². The molecule has 2 aromatic heterocycles. The second-order valence-corrected chi connectivity index (χ2v) is 9.54. The molecule has 2 aromatic rings. The van der Waals surface area contributed by atoms with E-state index in [0.717, 1.165) is 42.9 Å². The summed E-state index contributed by atoms with van der Waals surface area (Å²) >= 11 is 0. The van der Waals surface area contributed by atoms with Gasteiger partial charge in [-0.2, -0.15) is 18.2 Å². The maximum Gasteiger partial charge on any atom is 0.422 e. The van der Waals surface area contributed by atoms with Gasteiger partial charge < -0.3 is 14.4 Å². The van der Waals surface area contributed by atoms with Gasteiger partial charge in [0, 0.05) is 43.4 Å². The maximum absolute atomic E-state index is 12.8. The van der Waals surface area contributed by atoms with Gasteiger partial charge >= 0.3 is 6.18 Å². The van der Waals surface area contributed by atoms with Crippen LogP contribution in [0.1, 0.15) is 93.1 Å². The van der Waals surface area contributed by atoms with Crippen molar-refractivity contribution < 1.29 is 22.6 Å². The van der Waals surface area contributed by atoms with E-state index < -0.39 is 18.9 Å². The summed E-state index contributed by atoms with van der Waals surface area (Å²) in [6.45, 7) is 5.50. The molecule has 0 unspecified atom stereocenters. The van der Waals surface area contributed by atoms with Gasteiger partial charge in [-0.15, -0.1) is 0 Å². The summed E-state index contributed by atoms with van der Waals surface area (Å²) in [6, 6.07) is 0. The molecule has 0 bridgehead atoms. The maximum atomic E-state index is 12.8. The van der Waals surface area contributed by atoms with E-state index in [1.54, 1.807) is 6.92 Å². The first-order chi connectivity index (χ1) is 16.1. The first-order valence-electron chi connectivity index (χ1n) is 11.9. The van der Waals surface area contributed by atoms with Crippen LogP contribution in [0.5, 0.6) is 5.88 Å². The summed E-state index contributed by atoms with van der Waals surface area (Å²) in [5.41, 5.74) is 1.49. The van der Waals surface area contributed by atoms with Crippen molar-refractivity contribution in [2.24, 2.45) is 0 Å².